The predicted molar refractivity (Wildman–Crippen MR) is 66.5 cm³/mol. The first-order valence-corrected chi connectivity index (χ1v) is 7.41. The minimum atomic E-state index is -3.14. The van der Waals surface area contributed by atoms with Crippen molar-refractivity contribution in [1.29, 1.82) is 0 Å². The number of nitrogens with zero attached hydrogens (tertiary/aromatic N) is 1. The molecule has 2 heterocycles. The Morgan fingerprint density at radius 2 is 2.26 bits per heavy atom. The maximum Gasteiger partial charge on any atom is 0.338 e. The molecule has 0 spiro atoms. The van der Waals surface area contributed by atoms with Crippen molar-refractivity contribution in [3.63, 3.8) is 0 Å². The highest BCUT2D eigenvalue weighted by Crippen LogP contribution is 2.28. The van der Waals surface area contributed by atoms with Gasteiger partial charge in [-0.15, -0.1) is 0 Å². The van der Waals surface area contributed by atoms with E-state index in [-0.39, 0.29) is 17.3 Å². The third-order valence-corrected chi connectivity index (χ3v) is 4.95. The summed E-state index contributed by atoms with van der Waals surface area (Å²) in [5.41, 5.74) is -1.33. The lowest BCUT2D eigenvalue weighted by Crippen LogP contribution is -2.36. The number of anilines is 1. The van der Waals surface area contributed by atoms with Crippen molar-refractivity contribution in [3.05, 3.63) is 23.6 Å². The molecule has 1 aromatic rings. The number of aromatic carboxylic acids is 1. The highest BCUT2D eigenvalue weighted by atomic mass is 32.2. The molecule has 0 radical (unpaired) electrons. The average molecular weight is 288 g/mol. The molecule has 19 heavy (non-hydrogen) atoms. The number of nitrogens with one attached hydrogen (secondary N) is 1. The van der Waals surface area contributed by atoms with Crippen LogP contribution in [0.5, 0.6) is 0 Å². The molecule has 104 valence electrons. The van der Waals surface area contributed by atoms with Crippen molar-refractivity contribution in [2.75, 3.05) is 16.8 Å². The zero-order chi connectivity index (χ0) is 14.3. The van der Waals surface area contributed by atoms with Crippen LogP contribution < -0.4 is 5.32 Å². The highest BCUT2D eigenvalue weighted by molar-refractivity contribution is 7.91. The lowest BCUT2D eigenvalue weighted by Gasteiger charge is -2.24. The molecule has 6 nitrogen and oxygen atoms in total. The summed E-state index contributed by atoms with van der Waals surface area (Å²) in [5.74, 6) is -2.72. The second kappa shape index (κ2) is 4.44. The molecule has 0 amide bonds. The van der Waals surface area contributed by atoms with Gasteiger partial charge in [-0.3, -0.25) is 0 Å². The molecule has 1 atom stereocenters. The number of sulfone groups is 1. The minimum Gasteiger partial charge on any atom is -0.478 e. The van der Waals surface area contributed by atoms with Crippen molar-refractivity contribution >= 4 is 21.6 Å². The Labute approximate surface area is 109 Å². The van der Waals surface area contributed by atoms with Gasteiger partial charge in [-0.25, -0.2) is 22.6 Å². The van der Waals surface area contributed by atoms with Crippen LogP contribution in [0.4, 0.5) is 10.2 Å². The van der Waals surface area contributed by atoms with Gasteiger partial charge in [-0.1, -0.05) is 0 Å². The fraction of sp³-hybridized carbons (Fsp3) is 0.455. The Kier molecular flexibility index (Phi) is 3.21. The Bertz CT molecular complexity index is 632. The molecule has 1 unspecified atom stereocenters. The largest absolute Gasteiger partial charge is 0.478 e. The molecule has 1 aromatic heterocycles. The van der Waals surface area contributed by atoms with Gasteiger partial charge in [0, 0.05) is 6.20 Å². The van der Waals surface area contributed by atoms with E-state index < -0.39 is 32.7 Å². The zero-order valence-corrected chi connectivity index (χ0v) is 11.0. The Morgan fingerprint density at radius 3 is 2.79 bits per heavy atom. The van der Waals surface area contributed by atoms with Crippen molar-refractivity contribution < 1.29 is 22.7 Å². The smallest absolute Gasteiger partial charge is 0.338 e. The third kappa shape index (κ3) is 2.83. The first kappa shape index (κ1) is 13.7. The van der Waals surface area contributed by atoms with E-state index in [1.165, 1.54) is 6.20 Å². The van der Waals surface area contributed by atoms with Crippen molar-refractivity contribution in [2.24, 2.45) is 0 Å². The zero-order valence-electron chi connectivity index (χ0n) is 10.2. The predicted octanol–water partition coefficient (Wildman–Crippen LogP) is 0.908. The number of halogens is 1. The van der Waals surface area contributed by atoms with Gasteiger partial charge in [0.25, 0.3) is 0 Å². The molecule has 8 heteroatoms. The molecular weight excluding hydrogens is 275 g/mol. The van der Waals surface area contributed by atoms with E-state index in [0.29, 0.717) is 6.42 Å². The fourth-order valence-electron chi connectivity index (χ4n) is 2.09. The van der Waals surface area contributed by atoms with Crippen molar-refractivity contribution in [1.82, 2.24) is 4.98 Å². The Morgan fingerprint density at radius 1 is 1.58 bits per heavy atom. The number of hydrogen-bond donors (Lipinski definition) is 2. The summed E-state index contributed by atoms with van der Waals surface area (Å²) in [6.07, 6.45) is 1.50. The highest BCUT2D eigenvalue weighted by Gasteiger charge is 2.39. The van der Waals surface area contributed by atoms with Gasteiger partial charge in [0.05, 0.1) is 17.0 Å². The third-order valence-electron chi connectivity index (χ3n) is 3.04. The van der Waals surface area contributed by atoms with Crippen LogP contribution >= 0.6 is 0 Å². The summed E-state index contributed by atoms with van der Waals surface area (Å²) in [5, 5.41) is 11.5. The van der Waals surface area contributed by atoms with E-state index in [4.69, 9.17) is 5.11 Å². The van der Waals surface area contributed by atoms with Crippen LogP contribution in [0, 0.1) is 5.82 Å². The van der Waals surface area contributed by atoms with Crippen LogP contribution in [-0.2, 0) is 9.84 Å². The number of pyridine rings is 1. The lowest BCUT2D eigenvalue weighted by molar-refractivity contribution is 0.0691. The van der Waals surface area contributed by atoms with Crippen LogP contribution in [-0.4, -0.2) is 41.5 Å². The topological polar surface area (TPSA) is 96.4 Å². The van der Waals surface area contributed by atoms with Gasteiger partial charge in [0.15, 0.2) is 21.5 Å². The van der Waals surface area contributed by atoms with E-state index in [1.54, 1.807) is 6.92 Å². The standard InChI is InChI=1S/C11H13FN2O4S/c1-11(3-5-19(17,18)6-11)14-9-8(12)7(10(15)16)2-4-13-9/h2,4H,3,5-6H2,1H3,(H,13,14)(H,15,16). The molecule has 1 saturated heterocycles. The van der Waals surface area contributed by atoms with E-state index >= 15 is 0 Å². The monoisotopic (exact) mass is 288 g/mol. The summed E-state index contributed by atoms with van der Waals surface area (Å²) in [4.78, 5) is 14.5. The minimum absolute atomic E-state index is 0.0245. The number of aromatic nitrogens is 1. The van der Waals surface area contributed by atoms with Crippen LogP contribution in [0.3, 0.4) is 0 Å². The first-order chi connectivity index (χ1) is 8.72. The SMILES string of the molecule is CC1(Nc2nccc(C(=O)O)c2F)CCS(=O)(=O)C1. The second-order valence-electron chi connectivity index (χ2n) is 4.85. The van der Waals surface area contributed by atoms with Gasteiger partial charge in [0.2, 0.25) is 0 Å². The fourth-order valence-corrected chi connectivity index (χ4v) is 4.18. The number of rotatable bonds is 3. The second-order valence-corrected chi connectivity index (χ2v) is 7.04. The molecule has 1 fully saturated rings. The summed E-state index contributed by atoms with van der Waals surface area (Å²) < 4.78 is 36.8. The quantitative estimate of drug-likeness (QED) is 0.858. The number of carbonyl (C=O) groups is 1. The number of hydrogen-bond acceptors (Lipinski definition) is 5. The van der Waals surface area contributed by atoms with E-state index in [2.05, 4.69) is 10.3 Å². The maximum atomic E-state index is 13.9. The lowest BCUT2D eigenvalue weighted by atomic mass is 10.0. The van der Waals surface area contributed by atoms with Gasteiger partial charge in [-0.2, -0.15) is 0 Å². The van der Waals surface area contributed by atoms with Crippen LogP contribution in [0.2, 0.25) is 0 Å². The van der Waals surface area contributed by atoms with Crippen molar-refractivity contribution in [2.45, 2.75) is 18.9 Å². The molecule has 2 rings (SSSR count). The number of carboxylic acids is 1. The van der Waals surface area contributed by atoms with Gasteiger partial charge >= 0.3 is 5.97 Å². The molecule has 0 aliphatic carbocycles. The maximum absolute atomic E-state index is 13.9. The summed E-state index contributed by atoms with van der Waals surface area (Å²) >= 11 is 0. The molecular formula is C11H13FN2O4S. The van der Waals surface area contributed by atoms with E-state index in [1.807, 2.05) is 0 Å². The Balaban J connectivity index is 2.30. The molecule has 0 saturated carbocycles. The first-order valence-electron chi connectivity index (χ1n) is 5.59. The Hall–Kier alpha value is -1.70. The van der Waals surface area contributed by atoms with Crippen LogP contribution in [0.25, 0.3) is 0 Å². The molecule has 1 aliphatic rings. The van der Waals surface area contributed by atoms with E-state index in [0.717, 1.165) is 6.07 Å². The summed E-state index contributed by atoms with van der Waals surface area (Å²) in [6, 6.07) is 1.05. The summed E-state index contributed by atoms with van der Waals surface area (Å²) in [7, 11) is -3.14. The van der Waals surface area contributed by atoms with Gasteiger partial charge < -0.3 is 10.4 Å². The summed E-state index contributed by atoms with van der Waals surface area (Å²) in [6.45, 7) is 1.64. The van der Waals surface area contributed by atoms with Crippen molar-refractivity contribution in [3.8, 4) is 0 Å². The number of carboxylic acid groups (broad SMARTS) is 1. The molecule has 1 aliphatic heterocycles. The van der Waals surface area contributed by atoms with E-state index in [9.17, 15) is 17.6 Å². The van der Waals surface area contributed by atoms with Crippen LogP contribution in [0.1, 0.15) is 23.7 Å². The van der Waals surface area contributed by atoms with Gasteiger partial charge in [0.1, 0.15) is 5.56 Å². The normalized spacial score (nSPS) is 25.2. The molecule has 0 aromatic carbocycles. The molecule has 0 bridgehead atoms. The molecule has 2 N–H and O–H groups in total. The average Bonchev–Trinajstić information content (AvgIpc) is 2.56. The van der Waals surface area contributed by atoms with Crippen LogP contribution in [0.15, 0.2) is 12.3 Å². The van der Waals surface area contributed by atoms with Gasteiger partial charge in [-0.05, 0) is 19.4 Å².